The predicted octanol–water partition coefficient (Wildman–Crippen LogP) is 15.6. The van der Waals surface area contributed by atoms with Crippen molar-refractivity contribution in [2.24, 2.45) is 5.92 Å². The van der Waals surface area contributed by atoms with Gasteiger partial charge in [0.15, 0.2) is 11.6 Å². The minimum Gasteiger partial charge on any atom is -0.264 e. The summed E-state index contributed by atoms with van der Waals surface area (Å²) in [6.45, 7) is 2.25. The van der Waals surface area contributed by atoms with Crippen molar-refractivity contribution in [2.45, 2.75) is 13.3 Å². The van der Waals surface area contributed by atoms with Crippen LogP contribution in [0.1, 0.15) is 18.9 Å². The van der Waals surface area contributed by atoms with Crippen LogP contribution in [0, 0.1) is 5.92 Å². The Hall–Kier alpha value is -8.67. The van der Waals surface area contributed by atoms with Gasteiger partial charge in [0, 0.05) is 51.3 Å². The number of benzene rings is 7. The van der Waals surface area contributed by atoms with Gasteiger partial charge in [-0.05, 0) is 93.8 Å². The van der Waals surface area contributed by atoms with E-state index in [2.05, 4.69) is 188 Å². The Morgan fingerprint density at radius 1 is 0.358 bits per heavy atom. The lowest BCUT2D eigenvalue weighted by Gasteiger charge is -2.16. The molecule has 5 heteroatoms. The summed E-state index contributed by atoms with van der Waals surface area (Å²) in [5.41, 5.74) is 18.3. The molecule has 7 aromatic carbocycles. The molecule has 1 unspecified atom stereocenters. The molecule has 0 aliphatic heterocycles. The average molecular weight is 860 g/mol. The van der Waals surface area contributed by atoms with Gasteiger partial charge in [-0.2, -0.15) is 0 Å². The predicted molar refractivity (Wildman–Crippen MR) is 275 cm³/mol. The molecule has 0 saturated carbocycles. The highest BCUT2D eigenvalue weighted by Crippen LogP contribution is 2.39. The van der Waals surface area contributed by atoms with E-state index in [1.54, 1.807) is 0 Å². The van der Waals surface area contributed by atoms with Crippen LogP contribution in [0.3, 0.4) is 0 Å². The van der Waals surface area contributed by atoms with E-state index in [9.17, 15) is 0 Å². The SMILES string of the molecule is CC1C=CC(c2cccc(-c3cc(-c4ccccc4)nc(-c4ccc(-c5cc(-c6cccnc6)cc(-c6ccccc6-c6cc(-c7ccccc7)nc(-c7ccccc7)n6)c5)cc4)n3)c2)=CC1. The summed E-state index contributed by atoms with van der Waals surface area (Å²) in [5.74, 6) is 1.91. The number of allylic oxidation sites excluding steroid dienone is 4. The van der Waals surface area contributed by atoms with Crippen LogP contribution in [-0.4, -0.2) is 24.9 Å². The third-order valence-corrected chi connectivity index (χ3v) is 12.3. The van der Waals surface area contributed by atoms with E-state index in [-0.39, 0.29) is 0 Å². The van der Waals surface area contributed by atoms with E-state index < -0.39 is 0 Å². The zero-order chi connectivity index (χ0) is 44.9. The van der Waals surface area contributed by atoms with Gasteiger partial charge >= 0.3 is 0 Å². The highest BCUT2D eigenvalue weighted by atomic mass is 14.9. The Balaban J connectivity index is 1.00. The van der Waals surface area contributed by atoms with E-state index in [0.29, 0.717) is 17.6 Å². The smallest absolute Gasteiger partial charge is 0.160 e. The third kappa shape index (κ3) is 8.91. The molecular formula is C62H45N5. The molecule has 0 fully saturated rings. The second kappa shape index (κ2) is 18.4. The molecule has 5 nitrogen and oxygen atoms in total. The highest BCUT2D eigenvalue weighted by molar-refractivity contribution is 5.89. The number of rotatable bonds is 10. The molecule has 318 valence electrons. The van der Waals surface area contributed by atoms with Gasteiger partial charge in [0.25, 0.3) is 0 Å². The summed E-state index contributed by atoms with van der Waals surface area (Å²) in [6.07, 6.45) is 11.6. The summed E-state index contributed by atoms with van der Waals surface area (Å²) in [5, 5.41) is 0. The number of aromatic nitrogens is 5. The number of hydrogen-bond acceptors (Lipinski definition) is 5. The summed E-state index contributed by atoms with van der Waals surface area (Å²) in [7, 11) is 0. The molecule has 3 aromatic heterocycles. The van der Waals surface area contributed by atoms with Gasteiger partial charge in [0.05, 0.1) is 22.8 Å². The molecule has 10 aromatic rings. The zero-order valence-electron chi connectivity index (χ0n) is 37.0. The highest BCUT2D eigenvalue weighted by Gasteiger charge is 2.17. The summed E-state index contributed by atoms with van der Waals surface area (Å²) >= 11 is 0. The Bertz CT molecular complexity index is 3360. The van der Waals surface area contributed by atoms with Crippen LogP contribution in [-0.2, 0) is 0 Å². The summed E-state index contributed by atoms with van der Waals surface area (Å²) in [4.78, 5) is 25.2. The fourth-order valence-electron chi connectivity index (χ4n) is 8.76. The van der Waals surface area contributed by atoms with Crippen LogP contribution in [0.2, 0.25) is 0 Å². The number of hydrogen-bond donors (Lipinski definition) is 0. The van der Waals surface area contributed by atoms with Gasteiger partial charge in [0.1, 0.15) is 0 Å². The van der Waals surface area contributed by atoms with E-state index in [1.165, 1.54) is 11.1 Å². The first kappa shape index (κ1) is 41.1. The van der Waals surface area contributed by atoms with Crippen molar-refractivity contribution in [2.75, 3.05) is 0 Å². The van der Waals surface area contributed by atoms with Gasteiger partial charge in [-0.25, -0.2) is 19.9 Å². The average Bonchev–Trinajstić information content (AvgIpc) is 3.42. The molecule has 1 aliphatic rings. The lowest BCUT2D eigenvalue weighted by Crippen LogP contribution is -1.97. The normalized spacial score (nSPS) is 13.3. The Labute approximate surface area is 391 Å². The van der Waals surface area contributed by atoms with E-state index >= 15 is 0 Å². The lowest BCUT2D eigenvalue weighted by atomic mass is 9.90. The molecule has 0 N–H and O–H groups in total. The van der Waals surface area contributed by atoms with Crippen LogP contribution in [0.25, 0.3) is 107 Å². The third-order valence-electron chi connectivity index (χ3n) is 12.3. The lowest BCUT2D eigenvalue weighted by molar-refractivity contribution is 0.739. The van der Waals surface area contributed by atoms with Gasteiger partial charge in [-0.15, -0.1) is 0 Å². The number of nitrogens with zero attached hydrogens (tertiary/aromatic N) is 5. The first-order valence-corrected chi connectivity index (χ1v) is 22.8. The van der Waals surface area contributed by atoms with Crippen molar-refractivity contribution in [1.82, 2.24) is 24.9 Å². The second-order valence-electron chi connectivity index (χ2n) is 17.0. The molecule has 67 heavy (non-hydrogen) atoms. The molecule has 11 rings (SSSR count). The fraction of sp³-hybridized carbons (Fsp3) is 0.0484. The van der Waals surface area contributed by atoms with Gasteiger partial charge in [-0.3, -0.25) is 4.98 Å². The largest absolute Gasteiger partial charge is 0.264 e. The standard InChI is InChI=1S/C62H45N5/c1-42-26-28-43(29-27-42)49-21-13-22-50(35-49)59-39-57(45-15-5-2-6-16-45)64-62(66-59)48-32-30-44(31-33-48)52-36-53(51-23-14-34-63-41-51)38-54(37-52)55-24-11-12-25-56(55)60-40-58(46-17-7-3-8-18-46)65-61(67-60)47-19-9-4-10-20-47/h2-26,28-42H,27H2,1H3. The van der Waals surface area contributed by atoms with E-state index in [1.807, 2.05) is 60.9 Å². The molecule has 0 amide bonds. The van der Waals surface area contributed by atoms with Crippen LogP contribution in [0.15, 0.2) is 237 Å². The summed E-state index contributed by atoms with van der Waals surface area (Å²) < 4.78 is 0. The van der Waals surface area contributed by atoms with Crippen LogP contribution >= 0.6 is 0 Å². The Morgan fingerprint density at radius 2 is 0.836 bits per heavy atom. The van der Waals surface area contributed by atoms with Gasteiger partial charge in [-0.1, -0.05) is 189 Å². The molecule has 0 saturated heterocycles. The molecule has 0 spiro atoms. The van der Waals surface area contributed by atoms with E-state index in [0.717, 1.165) is 96.0 Å². The molecule has 0 radical (unpaired) electrons. The van der Waals surface area contributed by atoms with Crippen molar-refractivity contribution in [3.8, 4) is 101 Å². The van der Waals surface area contributed by atoms with Gasteiger partial charge < -0.3 is 0 Å². The van der Waals surface area contributed by atoms with Crippen LogP contribution in [0.5, 0.6) is 0 Å². The van der Waals surface area contributed by atoms with Crippen molar-refractivity contribution in [1.29, 1.82) is 0 Å². The number of pyridine rings is 1. The maximum absolute atomic E-state index is 5.23. The van der Waals surface area contributed by atoms with Crippen LogP contribution < -0.4 is 0 Å². The molecule has 1 atom stereocenters. The van der Waals surface area contributed by atoms with Crippen LogP contribution in [0.4, 0.5) is 0 Å². The minimum absolute atomic E-state index is 0.554. The molecule has 1 aliphatic carbocycles. The van der Waals surface area contributed by atoms with Gasteiger partial charge in [0.2, 0.25) is 0 Å². The zero-order valence-corrected chi connectivity index (χ0v) is 37.0. The van der Waals surface area contributed by atoms with Crippen molar-refractivity contribution >= 4 is 5.57 Å². The first-order valence-electron chi connectivity index (χ1n) is 22.8. The van der Waals surface area contributed by atoms with E-state index in [4.69, 9.17) is 19.9 Å². The maximum atomic E-state index is 5.23. The Morgan fingerprint density at radius 3 is 1.46 bits per heavy atom. The molecule has 0 bridgehead atoms. The Kier molecular flexibility index (Phi) is 11.3. The molecular weight excluding hydrogens is 815 g/mol. The monoisotopic (exact) mass is 859 g/mol. The second-order valence-corrected chi connectivity index (χ2v) is 17.0. The topological polar surface area (TPSA) is 64.5 Å². The maximum Gasteiger partial charge on any atom is 0.160 e. The minimum atomic E-state index is 0.554. The fourth-order valence-corrected chi connectivity index (χ4v) is 8.76. The van der Waals surface area contributed by atoms with Crippen molar-refractivity contribution < 1.29 is 0 Å². The molecule has 3 heterocycles. The van der Waals surface area contributed by atoms with Crippen molar-refractivity contribution in [3.63, 3.8) is 0 Å². The first-order chi connectivity index (χ1) is 33.1. The quantitative estimate of drug-likeness (QED) is 0.137. The van der Waals surface area contributed by atoms with Crippen molar-refractivity contribution in [3.05, 3.63) is 242 Å². The summed E-state index contributed by atoms with van der Waals surface area (Å²) in [6, 6.07) is 71.8.